The quantitative estimate of drug-likeness (QED) is 0.602. The zero-order valence-electron chi connectivity index (χ0n) is 9.27. The van der Waals surface area contributed by atoms with Crippen LogP contribution in [0.15, 0.2) is 27.4 Å². The van der Waals surface area contributed by atoms with E-state index in [-0.39, 0.29) is 6.04 Å². The van der Waals surface area contributed by atoms with Gasteiger partial charge in [-0.1, -0.05) is 6.07 Å². The second-order valence-corrected chi connectivity index (χ2v) is 4.24. The van der Waals surface area contributed by atoms with Crippen molar-refractivity contribution >= 4 is 17.1 Å². The molecular formula is C11H11N3O4. The maximum absolute atomic E-state index is 11.0. The minimum Gasteiger partial charge on any atom is -0.480 e. The summed E-state index contributed by atoms with van der Waals surface area (Å²) in [6, 6.07) is 4.58. The lowest BCUT2D eigenvalue weighted by atomic mass is 10.0. The Kier molecular flexibility index (Phi) is 2.42. The Hall–Kier alpha value is -2.12. The number of aromatic amines is 1. The Morgan fingerprint density at radius 3 is 2.94 bits per heavy atom. The zero-order valence-corrected chi connectivity index (χ0v) is 9.27. The molecule has 0 aliphatic carbocycles. The van der Waals surface area contributed by atoms with Crippen molar-refractivity contribution < 1.29 is 14.3 Å². The van der Waals surface area contributed by atoms with Gasteiger partial charge in [0.15, 0.2) is 5.58 Å². The number of hydrazine groups is 1. The lowest BCUT2D eigenvalue weighted by Gasteiger charge is -2.08. The van der Waals surface area contributed by atoms with Crippen LogP contribution in [-0.4, -0.2) is 22.1 Å². The molecule has 2 aromatic rings. The van der Waals surface area contributed by atoms with E-state index in [1.807, 2.05) is 6.07 Å². The van der Waals surface area contributed by atoms with Crippen molar-refractivity contribution in [2.45, 2.75) is 18.5 Å². The number of aromatic nitrogens is 1. The predicted octanol–water partition coefficient (Wildman–Crippen LogP) is 0.113. The minimum absolute atomic E-state index is 0.115. The fraction of sp³-hybridized carbons (Fsp3) is 0.273. The lowest BCUT2D eigenvalue weighted by molar-refractivity contribution is -0.139. The topological polar surface area (TPSA) is 107 Å². The van der Waals surface area contributed by atoms with E-state index in [1.54, 1.807) is 12.1 Å². The summed E-state index contributed by atoms with van der Waals surface area (Å²) in [5.74, 6) is -1.39. The number of hydrogen-bond donors (Lipinski definition) is 4. The van der Waals surface area contributed by atoms with E-state index in [1.165, 1.54) is 0 Å². The highest BCUT2D eigenvalue weighted by atomic mass is 16.4. The second kappa shape index (κ2) is 3.97. The van der Waals surface area contributed by atoms with Gasteiger partial charge in [0.05, 0.1) is 5.52 Å². The average Bonchev–Trinajstić information content (AvgIpc) is 2.91. The number of carboxylic acids is 1. The van der Waals surface area contributed by atoms with Gasteiger partial charge in [-0.15, -0.1) is 0 Å². The van der Waals surface area contributed by atoms with Crippen LogP contribution >= 0.6 is 0 Å². The molecule has 2 unspecified atom stereocenters. The summed E-state index contributed by atoms with van der Waals surface area (Å²) in [5, 5.41) is 8.89. The fourth-order valence-electron chi connectivity index (χ4n) is 2.12. The third-order valence-corrected chi connectivity index (χ3v) is 3.05. The number of fused-ring (bicyclic) bond motifs is 1. The number of H-pyrrole nitrogens is 1. The molecule has 7 heteroatoms. The molecule has 7 nitrogen and oxygen atoms in total. The number of carbonyl (C=O) groups is 1. The molecule has 18 heavy (non-hydrogen) atoms. The molecule has 1 fully saturated rings. The van der Waals surface area contributed by atoms with Crippen molar-refractivity contribution in [2.24, 2.45) is 0 Å². The van der Waals surface area contributed by atoms with Gasteiger partial charge in [0.2, 0.25) is 0 Å². The first-order chi connectivity index (χ1) is 8.63. The lowest BCUT2D eigenvalue weighted by Crippen LogP contribution is -2.36. The monoisotopic (exact) mass is 249 g/mol. The number of aliphatic carboxylic acids is 1. The number of benzene rings is 1. The van der Waals surface area contributed by atoms with Crippen molar-refractivity contribution in [3.63, 3.8) is 0 Å². The fourth-order valence-corrected chi connectivity index (χ4v) is 2.12. The molecule has 2 heterocycles. The minimum atomic E-state index is -0.890. The van der Waals surface area contributed by atoms with E-state index in [0.29, 0.717) is 17.5 Å². The maximum atomic E-state index is 11.0. The Bertz CT molecular complexity index is 660. The van der Waals surface area contributed by atoms with E-state index >= 15 is 0 Å². The zero-order chi connectivity index (χ0) is 12.7. The molecular weight excluding hydrogens is 238 g/mol. The molecule has 0 amide bonds. The molecule has 2 atom stereocenters. The third kappa shape index (κ3) is 1.79. The van der Waals surface area contributed by atoms with Crippen LogP contribution in [0.25, 0.3) is 11.1 Å². The van der Waals surface area contributed by atoms with Crippen molar-refractivity contribution in [1.29, 1.82) is 0 Å². The third-order valence-electron chi connectivity index (χ3n) is 3.05. The average molecular weight is 249 g/mol. The van der Waals surface area contributed by atoms with E-state index in [0.717, 1.165) is 5.56 Å². The van der Waals surface area contributed by atoms with Gasteiger partial charge in [0.25, 0.3) is 0 Å². The Labute approximate surface area is 101 Å². The van der Waals surface area contributed by atoms with E-state index in [2.05, 4.69) is 15.8 Å². The standard InChI is InChI=1S/C11H11N3O4/c15-10(16)8-4-7(13-14-8)5-1-2-6-9(3-5)18-11(17)12-6/h1-3,7-8,13-14H,4H2,(H,12,17)(H,15,16). The highest BCUT2D eigenvalue weighted by Crippen LogP contribution is 2.24. The van der Waals surface area contributed by atoms with Gasteiger partial charge in [0.1, 0.15) is 6.04 Å². The smallest absolute Gasteiger partial charge is 0.417 e. The van der Waals surface area contributed by atoms with Crippen molar-refractivity contribution in [1.82, 2.24) is 15.8 Å². The van der Waals surface area contributed by atoms with Crippen LogP contribution in [-0.2, 0) is 4.79 Å². The van der Waals surface area contributed by atoms with Crippen LogP contribution in [0.1, 0.15) is 18.0 Å². The summed E-state index contributed by atoms with van der Waals surface area (Å²) in [7, 11) is 0. The largest absolute Gasteiger partial charge is 0.480 e. The normalized spacial score (nSPS) is 23.6. The van der Waals surface area contributed by atoms with Gasteiger partial charge in [-0.25, -0.2) is 15.6 Å². The van der Waals surface area contributed by atoms with Crippen molar-refractivity contribution in [3.05, 3.63) is 34.3 Å². The van der Waals surface area contributed by atoms with Crippen LogP contribution < -0.4 is 16.6 Å². The van der Waals surface area contributed by atoms with Crippen LogP contribution in [0.2, 0.25) is 0 Å². The summed E-state index contributed by atoms with van der Waals surface area (Å²) in [6.45, 7) is 0. The molecule has 0 bridgehead atoms. The SMILES string of the molecule is O=C(O)C1CC(c2ccc3[nH]c(=O)oc3c2)NN1. The number of hydrogen-bond acceptors (Lipinski definition) is 5. The summed E-state index contributed by atoms with van der Waals surface area (Å²) >= 11 is 0. The number of oxazole rings is 1. The highest BCUT2D eigenvalue weighted by Gasteiger charge is 2.29. The first-order valence-corrected chi connectivity index (χ1v) is 5.50. The van der Waals surface area contributed by atoms with Gasteiger partial charge in [-0.05, 0) is 24.1 Å². The van der Waals surface area contributed by atoms with Gasteiger partial charge in [0, 0.05) is 6.04 Å². The first-order valence-electron chi connectivity index (χ1n) is 5.50. The number of rotatable bonds is 2. The highest BCUT2D eigenvalue weighted by molar-refractivity contribution is 5.75. The predicted molar refractivity (Wildman–Crippen MR) is 61.9 cm³/mol. The van der Waals surface area contributed by atoms with E-state index in [9.17, 15) is 9.59 Å². The van der Waals surface area contributed by atoms with Gasteiger partial charge in [-0.3, -0.25) is 9.78 Å². The molecule has 1 aromatic heterocycles. The molecule has 4 N–H and O–H groups in total. The molecule has 1 aromatic carbocycles. The summed E-state index contributed by atoms with van der Waals surface area (Å²) in [5.41, 5.74) is 7.60. The van der Waals surface area contributed by atoms with Crippen LogP contribution in [0.5, 0.6) is 0 Å². The van der Waals surface area contributed by atoms with Crippen LogP contribution in [0, 0.1) is 0 Å². The number of nitrogens with one attached hydrogen (secondary N) is 3. The van der Waals surface area contributed by atoms with Crippen LogP contribution in [0.4, 0.5) is 0 Å². The second-order valence-electron chi connectivity index (χ2n) is 4.24. The van der Waals surface area contributed by atoms with E-state index in [4.69, 9.17) is 9.52 Å². The molecule has 1 aliphatic rings. The molecule has 0 spiro atoms. The molecule has 94 valence electrons. The summed E-state index contributed by atoms with van der Waals surface area (Å²) < 4.78 is 4.97. The molecule has 3 rings (SSSR count). The maximum Gasteiger partial charge on any atom is 0.417 e. The van der Waals surface area contributed by atoms with Gasteiger partial charge >= 0.3 is 11.7 Å². The summed E-state index contributed by atoms with van der Waals surface area (Å²) in [4.78, 5) is 24.4. The molecule has 1 aliphatic heterocycles. The van der Waals surface area contributed by atoms with E-state index < -0.39 is 17.8 Å². The summed E-state index contributed by atoms with van der Waals surface area (Å²) in [6.07, 6.45) is 0.440. The molecule has 1 saturated heterocycles. The number of carboxylic acid groups (broad SMARTS) is 1. The van der Waals surface area contributed by atoms with Gasteiger partial charge < -0.3 is 9.52 Å². The molecule has 0 radical (unpaired) electrons. The Morgan fingerprint density at radius 1 is 1.39 bits per heavy atom. The first kappa shape index (κ1) is 11.0. The van der Waals surface area contributed by atoms with Gasteiger partial charge in [-0.2, -0.15) is 0 Å². The molecule has 0 saturated carbocycles. The van der Waals surface area contributed by atoms with Crippen LogP contribution in [0.3, 0.4) is 0 Å². The Balaban J connectivity index is 1.91. The Morgan fingerprint density at radius 2 is 2.22 bits per heavy atom. The van der Waals surface area contributed by atoms with Crippen molar-refractivity contribution in [2.75, 3.05) is 0 Å². The van der Waals surface area contributed by atoms with Crippen molar-refractivity contribution in [3.8, 4) is 0 Å².